The molecule has 0 spiro atoms. The summed E-state index contributed by atoms with van der Waals surface area (Å²) in [5, 5.41) is 6.05. The third-order valence-corrected chi connectivity index (χ3v) is 5.24. The highest BCUT2D eigenvalue weighted by molar-refractivity contribution is 7.92. The summed E-state index contributed by atoms with van der Waals surface area (Å²) in [6.45, 7) is 2.28. The SMILES string of the molecule is CN=C(NCCS(=O)(=O)Nc1ccc(C)c(F)c1)NCc1ccc(OC)cc1. The molecule has 0 aliphatic carbocycles. The number of halogens is 1. The molecule has 2 rings (SSSR count). The second-order valence-electron chi connectivity index (χ2n) is 6.09. The van der Waals surface area contributed by atoms with Gasteiger partial charge in [-0.25, -0.2) is 12.8 Å². The number of ether oxygens (including phenoxy) is 1. The van der Waals surface area contributed by atoms with Crippen molar-refractivity contribution in [2.75, 3.05) is 31.2 Å². The molecule has 0 atom stereocenters. The molecule has 0 aromatic heterocycles. The highest BCUT2D eigenvalue weighted by Gasteiger charge is 2.12. The Labute approximate surface area is 165 Å². The number of aryl methyl sites for hydroxylation is 1. The van der Waals surface area contributed by atoms with Gasteiger partial charge in [-0.2, -0.15) is 0 Å². The van der Waals surface area contributed by atoms with Crippen molar-refractivity contribution in [2.24, 2.45) is 4.99 Å². The average molecular weight is 408 g/mol. The van der Waals surface area contributed by atoms with E-state index in [9.17, 15) is 12.8 Å². The smallest absolute Gasteiger partial charge is 0.234 e. The Morgan fingerprint density at radius 1 is 1.14 bits per heavy atom. The summed E-state index contributed by atoms with van der Waals surface area (Å²) in [7, 11) is -0.408. The van der Waals surface area contributed by atoms with Gasteiger partial charge >= 0.3 is 0 Å². The van der Waals surface area contributed by atoms with Crippen LogP contribution in [0.4, 0.5) is 10.1 Å². The third kappa shape index (κ3) is 6.73. The number of aliphatic imine (C=N–C) groups is 1. The summed E-state index contributed by atoms with van der Waals surface area (Å²) >= 11 is 0. The molecule has 2 aromatic carbocycles. The van der Waals surface area contributed by atoms with E-state index >= 15 is 0 Å². The van der Waals surface area contributed by atoms with Gasteiger partial charge in [0.1, 0.15) is 11.6 Å². The molecular weight excluding hydrogens is 383 g/mol. The number of sulfonamides is 1. The van der Waals surface area contributed by atoms with Gasteiger partial charge in [0.15, 0.2) is 5.96 Å². The maximum Gasteiger partial charge on any atom is 0.234 e. The largest absolute Gasteiger partial charge is 0.497 e. The number of benzene rings is 2. The lowest BCUT2D eigenvalue weighted by Crippen LogP contribution is -2.39. The van der Waals surface area contributed by atoms with E-state index in [0.717, 1.165) is 17.4 Å². The second kappa shape index (κ2) is 9.93. The van der Waals surface area contributed by atoms with Crippen molar-refractivity contribution >= 4 is 21.7 Å². The van der Waals surface area contributed by atoms with Crippen LogP contribution in [0.3, 0.4) is 0 Å². The summed E-state index contributed by atoms with van der Waals surface area (Å²) in [5.74, 6) is 0.609. The molecule has 0 aliphatic rings. The molecule has 0 radical (unpaired) electrons. The Hall–Kier alpha value is -2.81. The van der Waals surface area contributed by atoms with Gasteiger partial charge in [-0.15, -0.1) is 0 Å². The number of hydrogen-bond acceptors (Lipinski definition) is 4. The quantitative estimate of drug-likeness (QED) is 0.460. The number of methoxy groups -OCH3 is 1. The van der Waals surface area contributed by atoms with Gasteiger partial charge in [0.25, 0.3) is 0 Å². The number of hydrogen-bond donors (Lipinski definition) is 3. The fourth-order valence-electron chi connectivity index (χ4n) is 2.34. The third-order valence-electron chi connectivity index (χ3n) is 3.95. The second-order valence-corrected chi connectivity index (χ2v) is 7.93. The van der Waals surface area contributed by atoms with Crippen LogP contribution in [0.5, 0.6) is 5.75 Å². The molecule has 0 amide bonds. The molecule has 0 unspecified atom stereocenters. The van der Waals surface area contributed by atoms with Crippen LogP contribution in [0.15, 0.2) is 47.5 Å². The average Bonchev–Trinajstić information content (AvgIpc) is 2.67. The molecule has 28 heavy (non-hydrogen) atoms. The van der Waals surface area contributed by atoms with Gasteiger partial charge in [-0.3, -0.25) is 9.71 Å². The lowest BCUT2D eigenvalue weighted by molar-refractivity contribution is 0.414. The lowest BCUT2D eigenvalue weighted by atomic mass is 10.2. The van der Waals surface area contributed by atoms with Gasteiger partial charge in [-0.05, 0) is 42.3 Å². The highest BCUT2D eigenvalue weighted by Crippen LogP contribution is 2.15. The molecular formula is C19H25FN4O3S. The van der Waals surface area contributed by atoms with Crippen molar-refractivity contribution in [3.63, 3.8) is 0 Å². The van der Waals surface area contributed by atoms with E-state index in [1.165, 1.54) is 12.1 Å². The Bertz CT molecular complexity index is 915. The predicted octanol–water partition coefficient (Wildman–Crippen LogP) is 2.25. The van der Waals surface area contributed by atoms with Crippen molar-refractivity contribution in [2.45, 2.75) is 13.5 Å². The van der Waals surface area contributed by atoms with E-state index in [-0.39, 0.29) is 18.0 Å². The Balaban J connectivity index is 1.81. The zero-order chi connectivity index (χ0) is 20.6. The molecule has 0 aliphatic heterocycles. The van der Waals surface area contributed by atoms with Crippen molar-refractivity contribution in [3.8, 4) is 5.75 Å². The normalized spacial score (nSPS) is 11.8. The Kier molecular flexibility index (Phi) is 7.62. The summed E-state index contributed by atoms with van der Waals surface area (Å²) in [5.41, 5.74) is 1.68. The van der Waals surface area contributed by atoms with Crippen molar-refractivity contribution in [1.29, 1.82) is 0 Å². The predicted molar refractivity (Wildman–Crippen MR) is 110 cm³/mol. The molecule has 9 heteroatoms. The minimum absolute atomic E-state index is 0.145. The zero-order valence-electron chi connectivity index (χ0n) is 16.1. The first-order valence-corrected chi connectivity index (χ1v) is 10.3. The Morgan fingerprint density at radius 3 is 2.46 bits per heavy atom. The van der Waals surface area contributed by atoms with Crippen molar-refractivity contribution in [1.82, 2.24) is 10.6 Å². The molecule has 0 bridgehead atoms. The fraction of sp³-hybridized carbons (Fsp3) is 0.316. The number of nitrogens with zero attached hydrogens (tertiary/aromatic N) is 1. The molecule has 7 nitrogen and oxygen atoms in total. The molecule has 0 heterocycles. The number of nitrogens with one attached hydrogen (secondary N) is 3. The van der Waals surface area contributed by atoms with Crippen LogP contribution in [-0.2, 0) is 16.6 Å². The van der Waals surface area contributed by atoms with Crippen LogP contribution in [0, 0.1) is 12.7 Å². The minimum Gasteiger partial charge on any atom is -0.497 e. The van der Waals surface area contributed by atoms with E-state index in [1.54, 1.807) is 21.1 Å². The standard InChI is InChI=1S/C19H25FN4O3S/c1-14-4-7-16(12-18(14)20)24-28(25,26)11-10-22-19(21-2)23-13-15-5-8-17(27-3)9-6-15/h4-9,12,24H,10-11,13H2,1-3H3,(H2,21,22,23). The van der Waals surface area contributed by atoms with E-state index in [1.807, 2.05) is 24.3 Å². The van der Waals surface area contributed by atoms with Crippen LogP contribution < -0.4 is 20.1 Å². The zero-order valence-corrected chi connectivity index (χ0v) is 16.9. The fourth-order valence-corrected chi connectivity index (χ4v) is 3.30. The molecule has 3 N–H and O–H groups in total. The van der Waals surface area contributed by atoms with Gasteiger partial charge in [0, 0.05) is 20.1 Å². The van der Waals surface area contributed by atoms with Gasteiger partial charge < -0.3 is 15.4 Å². The highest BCUT2D eigenvalue weighted by atomic mass is 32.2. The first-order valence-electron chi connectivity index (χ1n) is 8.67. The number of guanidine groups is 1. The van der Waals surface area contributed by atoms with Crippen LogP contribution in [0.25, 0.3) is 0 Å². The van der Waals surface area contributed by atoms with E-state index in [2.05, 4.69) is 20.3 Å². The summed E-state index contributed by atoms with van der Waals surface area (Å²) in [6, 6.07) is 11.8. The number of rotatable bonds is 8. The van der Waals surface area contributed by atoms with E-state index < -0.39 is 15.8 Å². The van der Waals surface area contributed by atoms with E-state index in [4.69, 9.17) is 4.74 Å². The minimum atomic E-state index is -3.62. The summed E-state index contributed by atoms with van der Waals surface area (Å²) in [4.78, 5) is 4.07. The van der Waals surface area contributed by atoms with E-state index in [0.29, 0.717) is 18.1 Å². The maximum absolute atomic E-state index is 13.5. The summed E-state index contributed by atoms with van der Waals surface area (Å²) < 4.78 is 45.3. The molecule has 0 fully saturated rings. The van der Waals surface area contributed by atoms with Crippen LogP contribution in [-0.4, -0.2) is 40.8 Å². The van der Waals surface area contributed by atoms with Gasteiger partial charge in [0.2, 0.25) is 10.0 Å². The van der Waals surface area contributed by atoms with Gasteiger partial charge in [0.05, 0.1) is 18.6 Å². The monoisotopic (exact) mass is 408 g/mol. The first kappa shape index (κ1) is 21.5. The number of anilines is 1. The van der Waals surface area contributed by atoms with Gasteiger partial charge in [-0.1, -0.05) is 18.2 Å². The van der Waals surface area contributed by atoms with Crippen molar-refractivity contribution < 1.29 is 17.5 Å². The van der Waals surface area contributed by atoms with Crippen LogP contribution in [0.1, 0.15) is 11.1 Å². The van der Waals surface area contributed by atoms with Crippen molar-refractivity contribution in [3.05, 3.63) is 59.4 Å². The molecule has 0 saturated heterocycles. The maximum atomic E-state index is 13.5. The molecule has 2 aromatic rings. The van der Waals surface area contributed by atoms with Crippen LogP contribution >= 0.6 is 0 Å². The molecule has 152 valence electrons. The molecule has 0 saturated carbocycles. The topological polar surface area (TPSA) is 91.8 Å². The Morgan fingerprint density at radius 2 is 1.86 bits per heavy atom. The van der Waals surface area contributed by atoms with Crippen LogP contribution in [0.2, 0.25) is 0 Å². The lowest BCUT2D eigenvalue weighted by Gasteiger charge is -2.13. The first-order chi connectivity index (χ1) is 13.3. The summed E-state index contributed by atoms with van der Waals surface area (Å²) in [6.07, 6.45) is 0.